The first-order valence-electron chi connectivity index (χ1n) is 16.0. The fourth-order valence-corrected chi connectivity index (χ4v) is 9.29. The summed E-state index contributed by atoms with van der Waals surface area (Å²) in [6.07, 6.45) is 6.53. The molecule has 0 heterocycles. The number of benzene rings is 1. The fraction of sp³-hybridized carbons (Fsp3) is 0.561. The molecule has 1 aromatic rings. The van der Waals surface area contributed by atoms with Gasteiger partial charge in [-0.15, -0.1) is 0 Å². The van der Waals surface area contributed by atoms with E-state index in [4.69, 9.17) is 13.2 Å². The molecule has 3 aliphatic carbocycles. The Hall–Kier alpha value is -2.34. The number of allylic oxidation sites excluding steroid dienone is 8. The summed E-state index contributed by atoms with van der Waals surface area (Å²) in [7, 11) is 0. The Kier molecular flexibility index (Phi) is 7.81. The molecule has 0 aliphatic heterocycles. The lowest BCUT2D eigenvalue weighted by Gasteiger charge is -2.62. The van der Waals surface area contributed by atoms with Crippen LogP contribution < -0.4 is 0 Å². The van der Waals surface area contributed by atoms with Gasteiger partial charge in [-0.3, -0.25) is 0 Å². The van der Waals surface area contributed by atoms with Crippen molar-refractivity contribution in [1.82, 2.24) is 0 Å². The minimum atomic E-state index is -0.121. The van der Waals surface area contributed by atoms with Gasteiger partial charge in [0.15, 0.2) is 0 Å². The van der Waals surface area contributed by atoms with Crippen LogP contribution in [-0.2, 0) is 12.8 Å². The highest BCUT2D eigenvalue weighted by molar-refractivity contribution is 5.87. The second kappa shape index (κ2) is 10.1. The molecule has 0 aromatic heterocycles. The van der Waals surface area contributed by atoms with Gasteiger partial charge in [-0.2, -0.15) is 0 Å². The van der Waals surface area contributed by atoms with Gasteiger partial charge in [-0.1, -0.05) is 110 Å². The number of hydrogen-bond acceptors (Lipinski definition) is 0. The van der Waals surface area contributed by atoms with Crippen molar-refractivity contribution in [2.24, 2.45) is 21.7 Å². The van der Waals surface area contributed by atoms with Crippen LogP contribution in [0.3, 0.4) is 0 Å². The van der Waals surface area contributed by atoms with E-state index < -0.39 is 0 Å². The zero-order valence-electron chi connectivity index (χ0n) is 28.7. The molecule has 0 saturated carbocycles. The minimum absolute atomic E-state index is 0.0532. The first-order chi connectivity index (χ1) is 18.7. The zero-order valence-corrected chi connectivity index (χ0v) is 28.7. The summed E-state index contributed by atoms with van der Waals surface area (Å²) < 4.78 is 0. The van der Waals surface area contributed by atoms with Gasteiger partial charge >= 0.3 is 0 Å². The third kappa shape index (κ3) is 4.92. The maximum absolute atomic E-state index is 4.93. The monoisotopic (exact) mass is 550 g/mol. The van der Waals surface area contributed by atoms with Crippen LogP contribution in [0.2, 0.25) is 0 Å². The molecule has 3 atom stereocenters. The van der Waals surface area contributed by atoms with E-state index in [-0.39, 0.29) is 16.2 Å². The lowest BCUT2D eigenvalue weighted by Crippen LogP contribution is -2.52. The first-order valence-corrected chi connectivity index (χ1v) is 16.0. The van der Waals surface area contributed by atoms with Crippen molar-refractivity contribution in [1.29, 1.82) is 0 Å². The van der Waals surface area contributed by atoms with E-state index in [9.17, 15) is 0 Å². The maximum atomic E-state index is 4.93. The predicted molar refractivity (Wildman–Crippen MR) is 182 cm³/mol. The molecular formula is C41H58. The van der Waals surface area contributed by atoms with Crippen LogP contribution in [-0.4, -0.2) is 0 Å². The molecule has 0 heteroatoms. The van der Waals surface area contributed by atoms with Gasteiger partial charge in [0.1, 0.15) is 0 Å². The van der Waals surface area contributed by atoms with Crippen molar-refractivity contribution >= 4 is 5.57 Å². The minimum Gasteiger partial charge on any atom is -0.0995 e. The molecule has 0 saturated heterocycles. The molecule has 0 spiro atoms. The van der Waals surface area contributed by atoms with Crippen molar-refractivity contribution in [3.05, 3.63) is 99.2 Å². The summed E-state index contributed by atoms with van der Waals surface area (Å²) in [4.78, 5) is 0. The van der Waals surface area contributed by atoms with Crippen LogP contribution in [0, 0.1) is 28.6 Å². The van der Waals surface area contributed by atoms with Gasteiger partial charge in [-0.05, 0) is 138 Å². The van der Waals surface area contributed by atoms with Crippen molar-refractivity contribution in [2.75, 3.05) is 0 Å². The third-order valence-corrected chi connectivity index (χ3v) is 11.4. The summed E-state index contributed by atoms with van der Waals surface area (Å²) in [6.45, 7) is 47.1. The van der Waals surface area contributed by atoms with Crippen molar-refractivity contribution in [3.8, 4) is 0 Å². The van der Waals surface area contributed by atoms with E-state index in [1.54, 1.807) is 5.56 Å². The standard InChI is InChI=1S/C41H58/c1-24(2)33-20-32(19-26(5)17-18-38(11,12)13)28(7)36-29(8)37-31(10)41(16)30(9)35(25(3)4)27(6)21-40(41,15)23-39(37,14)22-34(33)36/h20,24H,3,5,8-9,17-19,21-23H2,1-2,4,6-7,10-16H3/t39-,40+,41-/m1/s1. The van der Waals surface area contributed by atoms with Crippen LogP contribution in [0.1, 0.15) is 136 Å². The molecular weight excluding hydrogens is 492 g/mol. The van der Waals surface area contributed by atoms with Gasteiger partial charge in [-0.25, -0.2) is 0 Å². The van der Waals surface area contributed by atoms with Crippen LogP contribution in [0.25, 0.3) is 5.57 Å². The number of rotatable bonds is 6. The molecule has 0 N–H and O–H groups in total. The zero-order chi connectivity index (χ0) is 31.0. The summed E-state index contributed by atoms with van der Waals surface area (Å²) >= 11 is 0. The van der Waals surface area contributed by atoms with E-state index >= 15 is 0 Å². The summed E-state index contributed by atoms with van der Waals surface area (Å²) in [6, 6.07) is 2.53. The van der Waals surface area contributed by atoms with Crippen LogP contribution >= 0.6 is 0 Å². The molecule has 0 fully saturated rings. The van der Waals surface area contributed by atoms with Gasteiger partial charge in [0.2, 0.25) is 0 Å². The normalized spacial score (nSPS) is 28.1. The Morgan fingerprint density at radius 3 is 2.15 bits per heavy atom. The quantitative estimate of drug-likeness (QED) is 0.309. The van der Waals surface area contributed by atoms with Gasteiger partial charge in [0.05, 0.1) is 0 Å². The van der Waals surface area contributed by atoms with Gasteiger partial charge < -0.3 is 0 Å². The average molecular weight is 551 g/mol. The highest BCUT2D eigenvalue weighted by Gasteiger charge is 2.59. The highest BCUT2D eigenvalue weighted by Crippen LogP contribution is 2.70. The summed E-state index contributed by atoms with van der Waals surface area (Å²) in [5, 5.41) is 0. The summed E-state index contributed by atoms with van der Waals surface area (Å²) in [5.41, 5.74) is 18.4. The van der Waals surface area contributed by atoms with E-state index in [1.165, 1.54) is 67.7 Å². The Morgan fingerprint density at radius 2 is 1.61 bits per heavy atom. The van der Waals surface area contributed by atoms with E-state index in [0.717, 1.165) is 37.7 Å². The predicted octanol–water partition coefficient (Wildman–Crippen LogP) is 12.2. The second-order valence-corrected chi connectivity index (χ2v) is 16.4. The highest BCUT2D eigenvalue weighted by atomic mass is 14.6. The SMILES string of the molecule is C=C(CCC(C)(C)C)Cc1cc(C(C)C)c2c(c1C)C(=C)C1=C(C)[C@@]3(C)C(=C)C(C(=C)C)=C(C)C[C@@]3(C)C[C@@]1(C)C2. The average Bonchev–Trinajstić information content (AvgIpc) is 2.80. The Labute approximate surface area is 253 Å². The van der Waals surface area contributed by atoms with Crippen LogP contribution in [0.4, 0.5) is 0 Å². The molecule has 0 nitrogen and oxygen atoms in total. The van der Waals surface area contributed by atoms with Crippen LogP contribution in [0.15, 0.2) is 71.4 Å². The molecule has 41 heavy (non-hydrogen) atoms. The fourth-order valence-electron chi connectivity index (χ4n) is 9.29. The van der Waals surface area contributed by atoms with Crippen LogP contribution in [0.5, 0.6) is 0 Å². The molecule has 3 aliphatic rings. The van der Waals surface area contributed by atoms with E-state index in [1.807, 2.05) is 0 Å². The topological polar surface area (TPSA) is 0 Å². The lowest BCUT2D eigenvalue weighted by atomic mass is 9.41. The molecule has 4 rings (SSSR count). The molecule has 0 bridgehead atoms. The second-order valence-electron chi connectivity index (χ2n) is 16.4. The molecule has 0 radical (unpaired) electrons. The number of hydrogen-bond donors (Lipinski definition) is 0. The van der Waals surface area contributed by atoms with Crippen molar-refractivity contribution in [2.45, 2.75) is 128 Å². The molecule has 222 valence electrons. The van der Waals surface area contributed by atoms with Crippen molar-refractivity contribution < 1.29 is 0 Å². The maximum Gasteiger partial charge on any atom is 0.0194 e. The van der Waals surface area contributed by atoms with Gasteiger partial charge in [0, 0.05) is 5.41 Å². The molecule has 0 unspecified atom stereocenters. The Balaban J connectivity index is 1.91. The largest absolute Gasteiger partial charge is 0.0995 e. The third-order valence-electron chi connectivity index (χ3n) is 11.4. The Morgan fingerprint density at radius 1 is 1.00 bits per heavy atom. The smallest absolute Gasteiger partial charge is 0.0194 e. The number of fused-ring (bicyclic) bond motifs is 3. The summed E-state index contributed by atoms with van der Waals surface area (Å²) in [5.74, 6) is 0.469. The molecule has 0 amide bonds. The van der Waals surface area contributed by atoms with Crippen molar-refractivity contribution in [3.63, 3.8) is 0 Å². The lowest BCUT2D eigenvalue weighted by molar-refractivity contribution is 0.0543. The van der Waals surface area contributed by atoms with Gasteiger partial charge in [0.25, 0.3) is 0 Å². The first kappa shape index (κ1) is 31.6. The van der Waals surface area contributed by atoms with E-state index in [0.29, 0.717) is 11.3 Å². The molecule has 1 aromatic carbocycles. The Bertz CT molecular complexity index is 1420. The van der Waals surface area contributed by atoms with E-state index in [2.05, 4.69) is 102 Å².